The molecule has 0 aromatic rings. The number of rotatable bonds is 2. The first-order valence-corrected chi connectivity index (χ1v) is 5.69. The van der Waals surface area contributed by atoms with E-state index in [0.29, 0.717) is 0 Å². The summed E-state index contributed by atoms with van der Waals surface area (Å²) in [7, 11) is 3.95. The van der Waals surface area contributed by atoms with Gasteiger partial charge in [0.25, 0.3) is 0 Å². The molecule has 2 rings (SSSR count). The molecule has 0 bridgehead atoms. The van der Waals surface area contributed by atoms with Gasteiger partial charge in [0.05, 0.1) is 12.8 Å². The second-order valence-electron chi connectivity index (χ2n) is 4.23. The molecule has 0 atom stereocenters. The van der Waals surface area contributed by atoms with E-state index in [1.54, 1.807) is 7.11 Å². The van der Waals surface area contributed by atoms with Gasteiger partial charge in [-0.25, -0.2) is 0 Å². The average Bonchev–Trinajstić information content (AvgIpc) is 2.30. The van der Waals surface area contributed by atoms with Crippen molar-refractivity contribution in [2.45, 2.75) is 12.8 Å². The van der Waals surface area contributed by atoms with Crippen molar-refractivity contribution in [1.82, 2.24) is 9.80 Å². The maximum atomic E-state index is 5.42. The van der Waals surface area contributed by atoms with Crippen LogP contribution in [0.15, 0.2) is 23.6 Å². The molecule has 84 valence electrons. The Kier molecular flexibility index (Phi) is 3.31. The number of methoxy groups -OCH3 is 1. The third kappa shape index (κ3) is 2.34. The van der Waals surface area contributed by atoms with Gasteiger partial charge in [0.15, 0.2) is 0 Å². The van der Waals surface area contributed by atoms with Gasteiger partial charge in [0.2, 0.25) is 0 Å². The third-order valence-electron chi connectivity index (χ3n) is 3.15. The van der Waals surface area contributed by atoms with Gasteiger partial charge in [-0.1, -0.05) is 6.08 Å². The third-order valence-corrected chi connectivity index (χ3v) is 3.15. The molecule has 2 aliphatic rings. The fourth-order valence-corrected chi connectivity index (χ4v) is 2.16. The van der Waals surface area contributed by atoms with Crippen molar-refractivity contribution in [1.29, 1.82) is 0 Å². The van der Waals surface area contributed by atoms with Crippen LogP contribution in [-0.2, 0) is 4.74 Å². The summed E-state index contributed by atoms with van der Waals surface area (Å²) in [6.45, 7) is 4.52. The Balaban J connectivity index is 2.03. The number of hydrogen-bond acceptors (Lipinski definition) is 3. The largest absolute Gasteiger partial charge is 0.495 e. The zero-order valence-corrected chi connectivity index (χ0v) is 9.70. The number of likely N-dealkylation sites (N-methyl/N-ethyl adjacent to an activating group) is 1. The second-order valence-corrected chi connectivity index (χ2v) is 4.23. The molecule has 1 aliphatic carbocycles. The highest BCUT2D eigenvalue weighted by Gasteiger charge is 2.20. The van der Waals surface area contributed by atoms with Crippen LogP contribution in [0.1, 0.15) is 12.8 Å². The topological polar surface area (TPSA) is 15.7 Å². The number of nitrogens with zero attached hydrogens (tertiary/aromatic N) is 2. The van der Waals surface area contributed by atoms with E-state index in [2.05, 4.69) is 29.0 Å². The van der Waals surface area contributed by atoms with Crippen molar-refractivity contribution in [2.75, 3.05) is 40.3 Å². The van der Waals surface area contributed by atoms with Gasteiger partial charge in [-0.2, -0.15) is 0 Å². The molecule has 15 heavy (non-hydrogen) atoms. The first-order valence-electron chi connectivity index (χ1n) is 5.69. The zero-order valence-electron chi connectivity index (χ0n) is 9.70. The Bertz CT molecular complexity index is 275. The normalized spacial score (nSPS) is 23.5. The molecule has 0 saturated carbocycles. The van der Waals surface area contributed by atoms with Crippen LogP contribution in [0.2, 0.25) is 0 Å². The standard InChI is InChI=1S/C12H20N2O/c1-13-7-9-14(10-8-13)11-5-3-4-6-12(11)15-2/h5-6H,3-4,7-10H2,1-2H3. The van der Waals surface area contributed by atoms with Gasteiger partial charge in [-0.15, -0.1) is 0 Å². The maximum Gasteiger partial charge on any atom is 0.137 e. The van der Waals surface area contributed by atoms with Crippen LogP contribution >= 0.6 is 0 Å². The van der Waals surface area contributed by atoms with Crippen LogP contribution in [0.4, 0.5) is 0 Å². The Labute approximate surface area is 92.0 Å². The van der Waals surface area contributed by atoms with E-state index < -0.39 is 0 Å². The molecule has 0 amide bonds. The molecule has 1 aliphatic heterocycles. The zero-order chi connectivity index (χ0) is 10.7. The lowest BCUT2D eigenvalue weighted by atomic mass is 10.1. The molecule has 3 nitrogen and oxygen atoms in total. The van der Waals surface area contributed by atoms with Gasteiger partial charge in [0.1, 0.15) is 5.76 Å². The molecular weight excluding hydrogens is 188 g/mol. The van der Waals surface area contributed by atoms with E-state index in [0.717, 1.165) is 44.8 Å². The molecule has 0 radical (unpaired) electrons. The minimum Gasteiger partial charge on any atom is -0.495 e. The molecule has 0 N–H and O–H groups in total. The summed E-state index contributed by atoms with van der Waals surface area (Å²) >= 11 is 0. The highest BCUT2D eigenvalue weighted by molar-refractivity contribution is 5.28. The number of allylic oxidation sites excluding steroid dienone is 2. The summed E-state index contributed by atoms with van der Waals surface area (Å²) in [5, 5.41) is 0. The summed E-state index contributed by atoms with van der Waals surface area (Å²) in [6, 6.07) is 0. The van der Waals surface area contributed by atoms with Gasteiger partial charge in [-0.3, -0.25) is 0 Å². The van der Waals surface area contributed by atoms with Gasteiger partial charge in [-0.05, 0) is 26.0 Å². The Morgan fingerprint density at radius 3 is 2.40 bits per heavy atom. The Morgan fingerprint density at radius 1 is 1.07 bits per heavy atom. The molecule has 0 spiro atoms. The van der Waals surface area contributed by atoms with E-state index in [9.17, 15) is 0 Å². The predicted octanol–water partition coefficient (Wildman–Crippen LogP) is 1.44. The molecule has 3 heteroatoms. The smallest absolute Gasteiger partial charge is 0.137 e. The van der Waals surface area contributed by atoms with E-state index in [4.69, 9.17) is 4.74 Å². The molecule has 1 saturated heterocycles. The fraction of sp³-hybridized carbons (Fsp3) is 0.667. The Hall–Kier alpha value is -0.960. The van der Waals surface area contributed by atoms with Crippen LogP contribution in [0, 0.1) is 0 Å². The van der Waals surface area contributed by atoms with Crippen molar-refractivity contribution in [3.63, 3.8) is 0 Å². The quantitative estimate of drug-likeness (QED) is 0.683. The number of hydrogen-bond donors (Lipinski definition) is 0. The summed E-state index contributed by atoms with van der Waals surface area (Å²) in [4.78, 5) is 4.81. The monoisotopic (exact) mass is 208 g/mol. The second kappa shape index (κ2) is 4.71. The minimum atomic E-state index is 1.06. The lowest BCUT2D eigenvalue weighted by molar-refractivity contribution is 0.171. The molecule has 0 unspecified atom stereocenters. The summed E-state index contributed by atoms with van der Waals surface area (Å²) in [6.07, 6.45) is 6.77. The van der Waals surface area contributed by atoms with Crippen LogP contribution in [0.5, 0.6) is 0 Å². The molecule has 0 aromatic carbocycles. The first kappa shape index (κ1) is 10.6. The van der Waals surface area contributed by atoms with Crippen molar-refractivity contribution in [2.24, 2.45) is 0 Å². The van der Waals surface area contributed by atoms with E-state index in [-0.39, 0.29) is 0 Å². The summed E-state index contributed by atoms with van der Waals surface area (Å²) in [5.41, 5.74) is 1.30. The van der Waals surface area contributed by atoms with Crippen molar-refractivity contribution >= 4 is 0 Å². The molecule has 1 heterocycles. The van der Waals surface area contributed by atoms with Crippen LogP contribution < -0.4 is 0 Å². The van der Waals surface area contributed by atoms with Crippen LogP contribution in [0.3, 0.4) is 0 Å². The lowest BCUT2D eigenvalue weighted by Crippen LogP contribution is -2.44. The maximum absolute atomic E-state index is 5.42. The van der Waals surface area contributed by atoms with E-state index in [1.165, 1.54) is 5.70 Å². The highest BCUT2D eigenvalue weighted by atomic mass is 16.5. The number of piperazine rings is 1. The molecule has 0 aromatic heterocycles. The number of ether oxygens (including phenoxy) is 1. The predicted molar refractivity (Wildman–Crippen MR) is 61.5 cm³/mol. The van der Waals surface area contributed by atoms with Gasteiger partial charge >= 0.3 is 0 Å². The van der Waals surface area contributed by atoms with Gasteiger partial charge < -0.3 is 14.5 Å². The van der Waals surface area contributed by atoms with Crippen LogP contribution in [0.25, 0.3) is 0 Å². The Morgan fingerprint density at radius 2 is 1.73 bits per heavy atom. The van der Waals surface area contributed by atoms with Crippen molar-refractivity contribution in [3.8, 4) is 0 Å². The van der Waals surface area contributed by atoms with Crippen LogP contribution in [-0.4, -0.2) is 50.1 Å². The lowest BCUT2D eigenvalue weighted by Gasteiger charge is -2.36. The van der Waals surface area contributed by atoms with Crippen molar-refractivity contribution < 1.29 is 4.74 Å². The molecule has 1 fully saturated rings. The van der Waals surface area contributed by atoms with Crippen molar-refractivity contribution in [3.05, 3.63) is 23.6 Å². The summed E-state index contributed by atoms with van der Waals surface area (Å²) < 4.78 is 5.42. The summed E-state index contributed by atoms with van der Waals surface area (Å²) in [5.74, 6) is 1.06. The average molecular weight is 208 g/mol. The van der Waals surface area contributed by atoms with Gasteiger partial charge in [0, 0.05) is 26.2 Å². The van der Waals surface area contributed by atoms with E-state index >= 15 is 0 Å². The highest BCUT2D eigenvalue weighted by Crippen LogP contribution is 2.23. The molecular formula is C12H20N2O. The minimum absolute atomic E-state index is 1.06. The SMILES string of the molecule is COC1=CCCC=C1N1CCN(C)CC1. The van der Waals surface area contributed by atoms with E-state index in [1.807, 2.05) is 0 Å². The fourth-order valence-electron chi connectivity index (χ4n) is 2.16. The first-order chi connectivity index (χ1) is 7.31.